The number of nitrogens with zero attached hydrogens (tertiary/aromatic N) is 1. The third-order valence-corrected chi connectivity index (χ3v) is 3.83. The predicted molar refractivity (Wildman–Crippen MR) is 82.7 cm³/mol. The number of carboxylic acid groups (broad SMARTS) is 1. The van der Waals surface area contributed by atoms with Gasteiger partial charge in [0.1, 0.15) is 11.6 Å². The van der Waals surface area contributed by atoms with Crippen LogP contribution in [-0.2, 0) is 9.53 Å². The quantitative estimate of drug-likeness (QED) is 0.823. The molecule has 0 unspecified atom stereocenters. The summed E-state index contributed by atoms with van der Waals surface area (Å²) in [7, 11) is 0. The van der Waals surface area contributed by atoms with Crippen molar-refractivity contribution in [2.45, 2.75) is 32.4 Å². The van der Waals surface area contributed by atoms with E-state index in [1.165, 1.54) is 0 Å². The van der Waals surface area contributed by atoms with Crippen molar-refractivity contribution in [3.8, 4) is 0 Å². The summed E-state index contributed by atoms with van der Waals surface area (Å²) < 4.78 is 5.35. The molecule has 23 heavy (non-hydrogen) atoms. The van der Waals surface area contributed by atoms with Gasteiger partial charge in [-0.3, -0.25) is 4.90 Å². The van der Waals surface area contributed by atoms with Crippen LogP contribution in [0.1, 0.15) is 32.4 Å². The Labute approximate surface area is 136 Å². The summed E-state index contributed by atoms with van der Waals surface area (Å²) in [5.74, 6) is -1.09. The number of rotatable bonds is 3. The lowest BCUT2D eigenvalue weighted by molar-refractivity contribution is -0.928. The number of carbonyl (C=O) groups excluding carboxylic acids is 2. The number of hydrogen-bond donors (Lipinski definition) is 1. The molecule has 1 aliphatic heterocycles. The largest absolute Gasteiger partial charge is 0.544 e. The lowest BCUT2D eigenvalue weighted by Crippen LogP contribution is -3.16. The smallest absolute Gasteiger partial charge is 0.410 e. The number of aliphatic carboxylic acids is 1. The molecule has 0 aromatic heterocycles. The van der Waals surface area contributed by atoms with Crippen LogP contribution in [0.4, 0.5) is 4.79 Å². The Kier molecular flexibility index (Phi) is 5.26. The van der Waals surface area contributed by atoms with Gasteiger partial charge in [-0.2, -0.15) is 0 Å². The molecule has 6 heteroatoms. The number of piperazine rings is 1. The zero-order chi connectivity index (χ0) is 17.0. The van der Waals surface area contributed by atoms with E-state index in [1.54, 1.807) is 17.0 Å². The molecule has 0 aliphatic carbocycles. The highest BCUT2D eigenvalue weighted by atomic mass is 16.6. The molecular weight excluding hydrogens is 296 g/mol. The first-order chi connectivity index (χ1) is 10.8. The average Bonchev–Trinajstić information content (AvgIpc) is 2.47. The Hall–Kier alpha value is -2.08. The van der Waals surface area contributed by atoms with Crippen LogP contribution in [0.2, 0.25) is 0 Å². The number of quaternary nitrogens is 1. The van der Waals surface area contributed by atoms with Crippen LogP contribution in [0.15, 0.2) is 30.3 Å². The van der Waals surface area contributed by atoms with Gasteiger partial charge in [0.15, 0.2) is 6.04 Å². The topological polar surface area (TPSA) is 74.1 Å². The summed E-state index contributed by atoms with van der Waals surface area (Å²) in [5, 5.41) is 11.6. The van der Waals surface area contributed by atoms with Crippen molar-refractivity contribution in [2.75, 3.05) is 26.2 Å². The predicted octanol–water partition coefficient (Wildman–Crippen LogP) is -0.387. The normalized spacial score (nSPS) is 17.6. The van der Waals surface area contributed by atoms with Gasteiger partial charge in [0.2, 0.25) is 0 Å². The number of amides is 1. The summed E-state index contributed by atoms with van der Waals surface area (Å²) in [6, 6.07) is 8.38. The molecule has 0 saturated carbocycles. The maximum atomic E-state index is 12.1. The van der Waals surface area contributed by atoms with E-state index in [2.05, 4.69) is 0 Å². The fraction of sp³-hybridized carbons (Fsp3) is 0.529. The number of benzene rings is 1. The second-order valence-electron chi connectivity index (χ2n) is 6.79. The van der Waals surface area contributed by atoms with Crippen LogP contribution in [0.25, 0.3) is 0 Å². The molecule has 1 N–H and O–H groups in total. The van der Waals surface area contributed by atoms with Crippen LogP contribution < -0.4 is 10.0 Å². The van der Waals surface area contributed by atoms with Gasteiger partial charge in [-0.05, 0) is 20.8 Å². The summed E-state index contributed by atoms with van der Waals surface area (Å²) >= 11 is 0. The molecule has 1 fully saturated rings. The SMILES string of the molecule is CC(C)(C)OC(=O)N1CC[NH+]([C@@H](C(=O)[O-])c2ccccc2)CC1. The summed E-state index contributed by atoms with van der Waals surface area (Å²) in [6.45, 7) is 7.52. The van der Waals surface area contributed by atoms with Crippen molar-refractivity contribution < 1.29 is 24.3 Å². The number of nitrogens with one attached hydrogen (secondary N) is 1. The molecule has 1 saturated heterocycles. The van der Waals surface area contributed by atoms with E-state index in [4.69, 9.17) is 4.74 Å². The highest BCUT2D eigenvalue weighted by Gasteiger charge is 2.32. The molecule has 1 amide bonds. The first kappa shape index (κ1) is 17.3. The van der Waals surface area contributed by atoms with Crippen molar-refractivity contribution in [1.29, 1.82) is 0 Å². The first-order valence-electron chi connectivity index (χ1n) is 7.86. The summed E-state index contributed by atoms with van der Waals surface area (Å²) in [6.07, 6.45) is -0.346. The average molecular weight is 320 g/mol. The van der Waals surface area contributed by atoms with Crippen LogP contribution in [0.3, 0.4) is 0 Å². The Morgan fingerprint density at radius 2 is 1.74 bits per heavy atom. The van der Waals surface area contributed by atoms with Crippen molar-refractivity contribution in [2.24, 2.45) is 0 Å². The molecular formula is C17H24N2O4. The van der Waals surface area contributed by atoms with Gasteiger partial charge < -0.3 is 19.5 Å². The Bertz CT molecular complexity index is 545. The fourth-order valence-electron chi connectivity index (χ4n) is 2.78. The van der Waals surface area contributed by atoms with Crippen LogP contribution >= 0.6 is 0 Å². The van der Waals surface area contributed by atoms with Crippen LogP contribution in [-0.4, -0.2) is 48.7 Å². The molecule has 6 nitrogen and oxygen atoms in total. The van der Waals surface area contributed by atoms with Gasteiger partial charge in [0, 0.05) is 5.56 Å². The zero-order valence-electron chi connectivity index (χ0n) is 13.9. The lowest BCUT2D eigenvalue weighted by Gasteiger charge is -2.37. The number of carboxylic acids is 1. The lowest BCUT2D eigenvalue weighted by atomic mass is 10.0. The van der Waals surface area contributed by atoms with Gasteiger partial charge in [-0.1, -0.05) is 30.3 Å². The summed E-state index contributed by atoms with van der Waals surface area (Å²) in [4.78, 5) is 26.2. The van der Waals surface area contributed by atoms with Crippen LogP contribution in [0, 0.1) is 0 Å². The second kappa shape index (κ2) is 7.00. The number of carbonyl (C=O) groups is 2. The van der Waals surface area contributed by atoms with Gasteiger partial charge in [-0.25, -0.2) is 4.79 Å². The van der Waals surface area contributed by atoms with E-state index < -0.39 is 17.6 Å². The molecule has 2 rings (SSSR count). The molecule has 1 aliphatic rings. The Morgan fingerprint density at radius 1 is 1.17 bits per heavy atom. The molecule has 1 heterocycles. The van der Waals surface area contributed by atoms with Gasteiger partial charge >= 0.3 is 6.09 Å². The molecule has 0 bridgehead atoms. The van der Waals surface area contributed by atoms with E-state index in [-0.39, 0.29) is 6.09 Å². The minimum Gasteiger partial charge on any atom is -0.544 e. The monoisotopic (exact) mass is 320 g/mol. The molecule has 126 valence electrons. The van der Waals surface area contributed by atoms with E-state index >= 15 is 0 Å². The number of hydrogen-bond acceptors (Lipinski definition) is 4. The highest BCUT2D eigenvalue weighted by Crippen LogP contribution is 2.12. The zero-order valence-corrected chi connectivity index (χ0v) is 13.9. The second-order valence-corrected chi connectivity index (χ2v) is 6.79. The van der Waals surface area contributed by atoms with E-state index in [0.29, 0.717) is 26.2 Å². The van der Waals surface area contributed by atoms with E-state index in [9.17, 15) is 14.7 Å². The van der Waals surface area contributed by atoms with Crippen molar-refractivity contribution in [3.63, 3.8) is 0 Å². The van der Waals surface area contributed by atoms with Crippen molar-refractivity contribution in [1.82, 2.24) is 4.90 Å². The van der Waals surface area contributed by atoms with Crippen molar-refractivity contribution >= 4 is 12.1 Å². The fourth-order valence-corrected chi connectivity index (χ4v) is 2.78. The minimum absolute atomic E-state index is 0.346. The van der Waals surface area contributed by atoms with Gasteiger partial charge in [0.25, 0.3) is 0 Å². The highest BCUT2D eigenvalue weighted by molar-refractivity contribution is 5.72. The Balaban J connectivity index is 2.00. The molecule has 1 atom stereocenters. The van der Waals surface area contributed by atoms with E-state index in [1.807, 2.05) is 39.0 Å². The van der Waals surface area contributed by atoms with Crippen molar-refractivity contribution in [3.05, 3.63) is 35.9 Å². The maximum Gasteiger partial charge on any atom is 0.410 e. The van der Waals surface area contributed by atoms with Crippen LogP contribution in [0.5, 0.6) is 0 Å². The van der Waals surface area contributed by atoms with E-state index in [0.717, 1.165) is 10.5 Å². The minimum atomic E-state index is -1.09. The van der Waals surface area contributed by atoms with Gasteiger partial charge in [-0.15, -0.1) is 0 Å². The molecule has 1 aromatic carbocycles. The molecule has 1 aromatic rings. The van der Waals surface area contributed by atoms with Gasteiger partial charge in [0.05, 0.1) is 26.2 Å². The maximum absolute atomic E-state index is 12.1. The standard InChI is InChI=1S/C17H24N2O4/c1-17(2,3)23-16(22)19-11-9-18(10-12-19)14(15(20)21)13-7-5-4-6-8-13/h4-8,14H,9-12H2,1-3H3,(H,20,21)/t14-/m1/s1. The third kappa shape index (κ3) is 4.69. The molecule has 0 spiro atoms. The Morgan fingerprint density at radius 3 is 2.22 bits per heavy atom. The summed E-state index contributed by atoms with van der Waals surface area (Å²) in [5.41, 5.74) is 0.201. The molecule has 0 radical (unpaired) electrons. The third-order valence-electron chi connectivity index (χ3n) is 3.83. The number of ether oxygens (including phenoxy) is 1. The first-order valence-corrected chi connectivity index (χ1v) is 7.86.